The van der Waals surface area contributed by atoms with E-state index in [2.05, 4.69) is 22.0 Å². The molecule has 4 rings (SSSR count). The van der Waals surface area contributed by atoms with Crippen molar-refractivity contribution in [2.45, 2.75) is 19.0 Å². The van der Waals surface area contributed by atoms with Gasteiger partial charge in [0.1, 0.15) is 33.6 Å². The van der Waals surface area contributed by atoms with E-state index in [0.717, 1.165) is 11.8 Å². The van der Waals surface area contributed by atoms with Crippen molar-refractivity contribution in [3.63, 3.8) is 0 Å². The van der Waals surface area contributed by atoms with E-state index in [1.165, 1.54) is 6.26 Å². The maximum atomic E-state index is 13.2. The first-order valence-electron chi connectivity index (χ1n) is 12.3. The summed E-state index contributed by atoms with van der Waals surface area (Å²) in [5, 5.41) is 29.2. The van der Waals surface area contributed by atoms with Gasteiger partial charge in [0.05, 0.1) is 31.2 Å². The van der Waals surface area contributed by atoms with E-state index >= 15 is 0 Å². The van der Waals surface area contributed by atoms with E-state index in [-0.39, 0.29) is 29.5 Å². The Morgan fingerprint density at radius 3 is 2.38 bits per heavy atom. The molecule has 3 aromatic rings. The first kappa shape index (κ1) is 28.2. The van der Waals surface area contributed by atoms with E-state index in [9.17, 15) is 24.8 Å². The number of rotatable bonds is 9. The van der Waals surface area contributed by atoms with Crippen LogP contribution < -0.4 is 16.0 Å². The molecular formula is C29H27N5O5S. The van der Waals surface area contributed by atoms with Crippen LogP contribution in [0.3, 0.4) is 0 Å². The summed E-state index contributed by atoms with van der Waals surface area (Å²) in [6.45, 7) is 1.49. The zero-order chi connectivity index (χ0) is 28.5. The molecule has 11 heteroatoms. The molecule has 204 valence electrons. The number of thioether (sulfide) groups is 1. The van der Waals surface area contributed by atoms with Crippen LogP contribution >= 0.6 is 11.8 Å². The zero-order valence-electron chi connectivity index (χ0n) is 21.6. The predicted molar refractivity (Wildman–Crippen MR) is 151 cm³/mol. The smallest absolute Gasteiger partial charge is 0.257 e. The lowest BCUT2D eigenvalue weighted by Gasteiger charge is -2.35. The average molecular weight is 558 g/mol. The van der Waals surface area contributed by atoms with Crippen molar-refractivity contribution in [1.82, 2.24) is 10.6 Å². The van der Waals surface area contributed by atoms with E-state index in [1.54, 1.807) is 67.6 Å². The van der Waals surface area contributed by atoms with Crippen molar-refractivity contribution < 1.29 is 23.9 Å². The highest BCUT2D eigenvalue weighted by Crippen LogP contribution is 2.43. The van der Waals surface area contributed by atoms with Gasteiger partial charge in [-0.1, -0.05) is 60.3 Å². The largest absolute Gasteiger partial charge is 0.510 e. The molecule has 0 aliphatic carbocycles. The molecule has 1 aliphatic heterocycles. The third kappa shape index (κ3) is 6.59. The minimum absolute atomic E-state index is 0.0464. The zero-order valence-corrected chi connectivity index (χ0v) is 22.4. The van der Waals surface area contributed by atoms with Gasteiger partial charge in [-0.25, -0.2) is 0 Å². The molecule has 1 aromatic heterocycles. The molecule has 0 saturated heterocycles. The first-order chi connectivity index (χ1) is 19.3. The number of dihydropyridines is 1. The molecule has 0 spiro atoms. The van der Waals surface area contributed by atoms with E-state index in [1.807, 2.05) is 12.1 Å². The minimum atomic E-state index is -1.22. The van der Waals surface area contributed by atoms with Gasteiger partial charge in [0.2, 0.25) is 11.8 Å². The highest BCUT2D eigenvalue weighted by molar-refractivity contribution is 8.15. The number of anilines is 1. The fraction of sp³-hybridized carbons (Fsp3) is 0.207. The molecule has 1 aliphatic rings. The molecule has 2 aromatic carbocycles. The summed E-state index contributed by atoms with van der Waals surface area (Å²) in [5.41, 5.74) is -0.153. The van der Waals surface area contributed by atoms with Gasteiger partial charge in [-0.3, -0.25) is 19.4 Å². The second-order valence-corrected chi connectivity index (χ2v) is 9.96. The van der Waals surface area contributed by atoms with Gasteiger partial charge in [0.15, 0.2) is 0 Å². The van der Waals surface area contributed by atoms with Crippen LogP contribution in [0.5, 0.6) is 0 Å². The topological polar surface area (TPSA) is 157 Å². The highest BCUT2D eigenvalue weighted by Gasteiger charge is 2.46. The normalized spacial score (nSPS) is 18.3. The second kappa shape index (κ2) is 12.8. The van der Waals surface area contributed by atoms with Crippen molar-refractivity contribution in [2.24, 2.45) is 10.9 Å². The van der Waals surface area contributed by atoms with Crippen LogP contribution in [0, 0.1) is 17.2 Å². The predicted octanol–water partition coefficient (Wildman–Crippen LogP) is 3.66. The number of aliphatic hydroxyl groups excluding tert-OH is 1. The Morgan fingerprint density at radius 1 is 1.02 bits per heavy atom. The molecule has 10 nitrogen and oxygen atoms in total. The summed E-state index contributed by atoms with van der Waals surface area (Å²) in [7, 11) is 0. The van der Waals surface area contributed by atoms with Gasteiger partial charge in [0.25, 0.3) is 5.91 Å². The molecule has 2 unspecified atom stereocenters. The van der Waals surface area contributed by atoms with Crippen molar-refractivity contribution in [3.8, 4) is 6.07 Å². The molecule has 0 radical (unpaired) electrons. The maximum absolute atomic E-state index is 13.2. The Bertz CT molecular complexity index is 1470. The molecule has 0 fully saturated rings. The summed E-state index contributed by atoms with van der Waals surface area (Å²) >= 11 is 0.929. The molecular weight excluding hydrogens is 530 g/mol. The number of carbonyl (C=O) groups is 3. The van der Waals surface area contributed by atoms with Gasteiger partial charge in [-0.05, 0) is 36.8 Å². The third-order valence-corrected chi connectivity index (χ3v) is 7.18. The van der Waals surface area contributed by atoms with E-state index < -0.39 is 34.9 Å². The van der Waals surface area contributed by atoms with Crippen molar-refractivity contribution in [1.29, 1.82) is 5.26 Å². The fourth-order valence-electron chi connectivity index (χ4n) is 4.12. The lowest BCUT2D eigenvalue weighted by atomic mass is 9.77. The second-order valence-electron chi connectivity index (χ2n) is 8.99. The van der Waals surface area contributed by atoms with E-state index in [4.69, 9.17) is 9.41 Å². The van der Waals surface area contributed by atoms with Crippen molar-refractivity contribution in [2.75, 3.05) is 17.6 Å². The molecule has 0 bridgehead atoms. The average Bonchev–Trinajstić information content (AvgIpc) is 3.49. The number of hydrogen-bond acceptors (Lipinski definition) is 8. The number of nitrogens with one attached hydrogen (secondary N) is 3. The third-order valence-electron chi connectivity index (χ3n) is 6.20. The Kier molecular flexibility index (Phi) is 9.04. The van der Waals surface area contributed by atoms with Crippen molar-refractivity contribution in [3.05, 3.63) is 102 Å². The lowest BCUT2D eigenvalue weighted by Crippen LogP contribution is -2.40. The number of furan rings is 1. The Hall–Kier alpha value is -4.82. The number of benzene rings is 2. The number of aliphatic imine (C=N–C) groups is 1. The Labute approximate surface area is 235 Å². The number of nitrogens with zero attached hydrogens (tertiary/aromatic N) is 2. The summed E-state index contributed by atoms with van der Waals surface area (Å²) in [6, 6.07) is 23.2. The van der Waals surface area contributed by atoms with Crippen LogP contribution in [0.1, 0.15) is 18.2 Å². The Morgan fingerprint density at radius 2 is 1.73 bits per heavy atom. The SMILES string of the molecule is CC1(c2ccccc2)N=C(SCC(=O)NCC(=O)Nc2ccccc2)C(C(=O)NCc2ccco2)=C(O)C1C#N. The fourth-order valence-corrected chi connectivity index (χ4v) is 5.09. The van der Waals surface area contributed by atoms with Crippen LogP contribution in [-0.2, 0) is 26.5 Å². The quantitative estimate of drug-likeness (QED) is 0.313. The number of para-hydroxylation sites is 1. The molecule has 3 amide bonds. The molecule has 0 saturated carbocycles. The summed E-state index contributed by atoms with van der Waals surface area (Å²) in [4.78, 5) is 42.8. The summed E-state index contributed by atoms with van der Waals surface area (Å²) in [6.07, 6.45) is 1.47. The highest BCUT2D eigenvalue weighted by atomic mass is 32.2. The lowest BCUT2D eigenvalue weighted by molar-refractivity contribution is -0.122. The number of aliphatic hydroxyl groups is 1. The van der Waals surface area contributed by atoms with Crippen LogP contribution in [0.15, 0.2) is 99.8 Å². The van der Waals surface area contributed by atoms with Crippen LogP contribution in [-0.4, -0.2) is 40.2 Å². The monoisotopic (exact) mass is 557 g/mol. The van der Waals surface area contributed by atoms with Gasteiger partial charge >= 0.3 is 0 Å². The number of amides is 3. The first-order valence-corrected chi connectivity index (χ1v) is 13.3. The van der Waals surface area contributed by atoms with Crippen LogP contribution in [0.25, 0.3) is 0 Å². The van der Waals surface area contributed by atoms with Crippen LogP contribution in [0.2, 0.25) is 0 Å². The standard InChI is InChI=1S/C29H27N5O5S/c1-29(19-9-4-2-5-10-19)22(15-30)26(37)25(27(38)32-16-21-13-8-14-39-21)28(34-29)40-18-24(36)31-17-23(35)33-20-11-6-3-7-12-20/h2-14,22,37H,16-18H2,1H3,(H,31,36)(H,32,38)(H,33,35). The van der Waals surface area contributed by atoms with Crippen molar-refractivity contribution >= 4 is 40.2 Å². The summed E-state index contributed by atoms with van der Waals surface area (Å²) in [5.74, 6) is -2.84. The van der Waals surface area contributed by atoms with Gasteiger partial charge in [0, 0.05) is 5.69 Å². The number of nitriles is 1. The molecule has 40 heavy (non-hydrogen) atoms. The molecule has 2 heterocycles. The van der Waals surface area contributed by atoms with Gasteiger partial charge < -0.3 is 25.5 Å². The number of carbonyl (C=O) groups excluding carboxylic acids is 3. The summed E-state index contributed by atoms with van der Waals surface area (Å²) < 4.78 is 5.25. The maximum Gasteiger partial charge on any atom is 0.257 e. The minimum Gasteiger partial charge on any atom is -0.510 e. The molecule has 4 N–H and O–H groups in total. The van der Waals surface area contributed by atoms with Gasteiger partial charge in [-0.15, -0.1) is 0 Å². The van der Waals surface area contributed by atoms with Gasteiger partial charge in [-0.2, -0.15) is 5.26 Å². The molecule has 2 atom stereocenters. The van der Waals surface area contributed by atoms with Crippen LogP contribution in [0.4, 0.5) is 5.69 Å². The Balaban J connectivity index is 1.52. The number of hydrogen-bond donors (Lipinski definition) is 4. The van der Waals surface area contributed by atoms with E-state index in [0.29, 0.717) is 17.0 Å².